The molecule has 6 heteroatoms. The summed E-state index contributed by atoms with van der Waals surface area (Å²) >= 11 is 0. The smallest absolute Gasteiger partial charge is 0.218 e. The van der Waals surface area contributed by atoms with Gasteiger partial charge in [-0.3, -0.25) is 0 Å². The molecule has 1 rings (SSSR count). The van der Waals surface area contributed by atoms with Crippen LogP contribution in [0.3, 0.4) is 0 Å². The van der Waals surface area contributed by atoms with Crippen LogP contribution < -0.4 is 0 Å². The quantitative estimate of drug-likeness (QED) is 0.770. The second-order valence-electron chi connectivity index (χ2n) is 3.84. The highest BCUT2D eigenvalue weighted by atomic mass is 32.2. The lowest BCUT2D eigenvalue weighted by atomic mass is 10.1. The Bertz CT molecular complexity index is 534. The lowest BCUT2D eigenvalue weighted by molar-refractivity contribution is 0.185. The molecule has 0 unspecified atom stereocenters. The minimum absolute atomic E-state index is 0.170. The van der Waals surface area contributed by atoms with Gasteiger partial charge in [0.25, 0.3) is 0 Å². The Balaban J connectivity index is 2.86. The van der Waals surface area contributed by atoms with Gasteiger partial charge in [-0.15, -0.1) is 0 Å². The molecule has 0 N–H and O–H groups in total. The van der Waals surface area contributed by atoms with Gasteiger partial charge < -0.3 is 4.74 Å². The van der Waals surface area contributed by atoms with Gasteiger partial charge in [0.2, 0.25) is 10.0 Å². The van der Waals surface area contributed by atoms with E-state index in [9.17, 15) is 8.42 Å². The number of ether oxygens (including phenoxy) is 1. The summed E-state index contributed by atoms with van der Waals surface area (Å²) in [4.78, 5) is 0. The number of rotatable bonds is 6. The zero-order valence-electron chi connectivity index (χ0n) is 10.5. The van der Waals surface area contributed by atoms with Crippen LogP contribution in [0, 0.1) is 11.3 Å². The van der Waals surface area contributed by atoms with E-state index in [-0.39, 0.29) is 5.75 Å². The number of hydrogen-bond acceptors (Lipinski definition) is 4. The van der Waals surface area contributed by atoms with E-state index < -0.39 is 10.0 Å². The molecule has 0 amide bonds. The zero-order chi connectivity index (χ0) is 13.6. The van der Waals surface area contributed by atoms with E-state index >= 15 is 0 Å². The molecule has 1 aromatic carbocycles. The van der Waals surface area contributed by atoms with Crippen molar-refractivity contribution in [3.63, 3.8) is 0 Å². The Morgan fingerprint density at radius 2 is 2.06 bits per heavy atom. The molecule has 0 aliphatic carbocycles. The van der Waals surface area contributed by atoms with Crippen LogP contribution in [0.4, 0.5) is 0 Å². The first kappa shape index (κ1) is 14.6. The average Bonchev–Trinajstić information content (AvgIpc) is 2.36. The van der Waals surface area contributed by atoms with Gasteiger partial charge in [-0.1, -0.05) is 18.2 Å². The molecule has 0 saturated carbocycles. The third-order valence-electron chi connectivity index (χ3n) is 2.56. The second kappa shape index (κ2) is 6.50. The lowest BCUT2D eigenvalue weighted by Gasteiger charge is -2.16. The fraction of sp³-hybridized carbons (Fsp3) is 0.417. The van der Waals surface area contributed by atoms with Crippen molar-refractivity contribution in [1.82, 2.24) is 4.31 Å². The molecule has 98 valence electrons. The van der Waals surface area contributed by atoms with E-state index in [0.717, 1.165) is 0 Å². The summed E-state index contributed by atoms with van der Waals surface area (Å²) in [5.41, 5.74) is 0.908. The van der Waals surface area contributed by atoms with Crippen LogP contribution in [0.5, 0.6) is 0 Å². The standard InChI is InChI=1S/C12H16N2O3S/c1-14(7-8-17-2)18(15,16)10-12-6-4-3-5-11(12)9-13/h3-6H,7-8,10H2,1-2H3. The van der Waals surface area contributed by atoms with Crippen molar-refractivity contribution in [2.45, 2.75) is 5.75 Å². The number of methoxy groups -OCH3 is 1. The molecule has 5 nitrogen and oxygen atoms in total. The van der Waals surface area contributed by atoms with Crippen molar-refractivity contribution in [2.75, 3.05) is 27.3 Å². The molecule has 0 radical (unpaired) electrons. The predicted octanol–water partition coefficient (Wildman–Crippen LogP) is 0.966. The molecule has 18 heavy (non-hydrogen) atoms. The molecule has 0 heterocycles. The van der Waals surface area contributed by atoms with E-state index in [1.54, 1.807) is 24.3 Å². The summed E-state index contributed by atoms with van der Waals surface area (Å²) in [5, 5.41) is 8.92. The van der Waals surface area contributed by atoms with Crippen LogP contribution >= 0.6 is 0 Å². The molecule has 1 aromatic rings. The van der Waals surface area contributed by atoms with Gasteiger partial charge in [-0.05, 0) is 11.6 Å². The Morgan fingerprint density at radius 1 is 1.39 bits per heavy atom. The normalized spacial score (nSPS) is 11.4. The molecule has 0 saturated heterocycles. The van der Waals surface area contributed by atoms with Gasteiger partial charge in [0, 0.05) is 20.7 Å². The number of benzene rings is 1. The molecule has 0 atom stereocenters. The molecular formula is C12H16N2O3S. The maximum Gasteiger partial charge on any atom is 0.218 e. The van der Waals surface area contributed by atoms with E-state index in [4.69, 9.17) is 10.00 Å². The third-order valence-corrected chi connectivity index (χ3v) is 4.37. The largest absolute Gasteiger partial charge is 0.383 e. The van der Waals surface area contributed by atoms with Gasteiger partial charge >= 0.3 is 0 Å². The fourth-order valence-electron chi connectivity index (χ4n) is 1.42. The van der Waals surface area contributed by atoms with Crippen LogP contribution in [0.1, 0.15) is 11.1 Å². The Kier molecular flexibility index (Phi) is 5.28. The van der Waals surface area contributed by atoms with Gasteiger partial charge in [-0.2, -0.15) is 5.26 Å². The molecule has 0 fully saturated rings. The highest BCUT2D eigenvalue weighted by Crippen LogP contribution is 2.13. The van der Waals surface area contributed by atoms with E-state index in [1.807, 2.05) is 6.07 Å². The van der Waals surface area contributed by atoms with Crippen molar-refractivity contribution in [1.29, 1.82) is 5.26 Å². The lowest BCUT2D eigenvalue weighted by Crippen LogP contribution is -2.31. The van der Waals surface area contributed by atoms with Gasteiger partial charge in [0.1, 0.15) is 0 Å². The topological polar surface area (TPSA) is 70.4 Å². The van der Waals surface area contributed by atoms with Crippen LogP contribution in [0.25, 0.3) is 0 Å². The van der Waals surface area contributed by atoms with E-state index in [2.05, 4.69) is 0 Å². The highest BCUT2D eigenvalue weighted by Gasteiger charge is 2.19. The summed E-state index contributed by atoms with van der Waals surface area (Å²) in [5.74, 6) is -0.170. The van der Waals surface area contributed by atoms with Crippen LogP contribution in [-0.2, 0) is 20.5 Å². The SMILES string of the molecule is COCCN(C)S(=O)(=O)Cc1ccccc1C#N. The number of likely N-dealkylation sites (N-methyl/N-ethyl adjacent to an activating group) is 1. The Morgan fingerprint density at radius 3 is 2.67 bits per heavy atom. The first-order valence-electron chi connectivity index (χ1n) is 5.42. The van der Waals surface area contributed by atoms with Crippen molar-refractivity contribution in [3.8, 4) is 6.07 Å². The third kappa shape index (κ3) is 3.81. The first-order chi connectivity index (χ1) is 8.51. The molecule has 0 aliphatic rings. The Hall–Kier alpha value is -1.42. The summed E-state index contributed by atoms with van der Waals surface area (Å²) in [6.07, 6.45) is 0. The number of sulfonamides is 1. The highest BCUT2D eigenvalue weighted by molar-refractivity contribution is 7.88. The molecule has 0 aromatic heterocycles. The van der Waals surface area contributed by atoms with E-state index in [1.165, 1.54) is 18.5 Å². The zero-order valence-corrected chi connectivity index (χ0v) is 11.3. The summed E-state index contributed by atoms with van der Waals surface area (Å²) in [7, 11) is -0.393. The van der Waals surface area contributed by atoms with Crippen LogP contribution in [-0.4, -0.2) is 40.0 Å². The number of hydrogen-bond donors (Lipinski definition) is 0. The minimum atomic E-state index is -3.42. The van der Waals surface area contributed by atoms with E-state index in [0.29, 0.717) is 24.3 Å². The Labute approximate surface area is 108 Å². The summed E-state index contributed by atoms with van der Waals surface area (Å²) < 4.78 is 30.2. The monoisotopic (exact) mass is 268 g/mol. The molecular weight excluding hydrogens is 252 g/mol. The predicted molar refractivity (Wildman–Crippen MR) is 68.3 cm³/mol. The molecule has 0 aliphatic heterocycles. The van der Waals surface area contributed by atoms with Gasteiger partial charge in [0.05, 0.1) is 24.0 Å². The fourth-order valence-corrected chi connectivity index (χ4v) is 2.64. The average molecular weight is 268 g/mol. The van der Waals surface area contributed by atoms with Gasteiger partial charge in [-0.25, -0.2) is 12.7 Å². The summed E-state index contributed by atoms with van der Waals surface area (Å²) in [6, 6.07) is 8.69. The van der Waals surface area contributed by atoms with Gasteiger partial charge in [0.15, 0.2) is 0 Å². The second-order valence-corrected chi connectivity index (χ2v) is 5.92. The number of nitriles is 1. The van der Waals surface area contributed by atoms with Crippen LogP contribution in [0.2, 0.25) is 0 Å². The van der Waals surface area contributed by atoms with Crippen molar-refractivity contribution < 1.29 is 13.2 Å². The molecule has 0 bridgehead atoms. The first-order valence-corrected chi connectivity index (χ1v) is 7.03. The maximum absolute atomic E-state index is 12.0. The summed E-state index contributed by atoms with van der Waals surface area (Å²) in [6.45, 7) is 0.642. The van der Waals surface area contributed by atoms with Crippen molar-refractivity contribution in [3.05, 3.63) is 35.4 Å². The minimum Gasteiger partial charge on any atom is -0.383 e. The van der Waals surface area contributed by atoms with Crippen LogP contribution in [0.15, 0.2) is 24.3 Å². The maximum atomic E-state index is 12.0. The van der Waals surface area contributed by atoms with Crippen molar-refractivity contribution in [2.24, 2.45) is 0 Å². The van der Waals surface area contributed by atoms with Crippen molar-refractivity contribution >= 4 is 10.0 Å². The number of nitrogens with zero attached hydrogens (tertiary/aromatic N) is 2. The molecule has 0 spiro atoms.